The van der Waals surface area contributed by atoms with Gasteiger partial charge in [-0.3, -0.25) is 9.59 Å². The summed E-state index contributed by atoms with van der Waals surface area (Å²) in [6.45, 7) is 11.1. The third-order valence-electron chi connectivity index (χ3n) is 8.91. The van der Waals surface area contributed by atoms with Crippen molar-refractivity contribution in [1.29, 1.82) is 0 Å². The summed E-state index contributed by atoms with van der Waals surface area (Å²) in [7, 11) is 0. The average molecular weight is 375 g/mol. The molecule has 0 aromatic rings. The highest BCUT2D eigenvalue weighted by Gasteiger charge is 2.61. The van der Waals surface area contributed by atoms with E-state index in [9.17, 15) is 9.59 Å². The highest BCUT2D eigenvalue weighted by atomic mass is 16.2. The summed E-state index contributed by atoms with van der Waals surface area (Å²) in [6, 6.07) is 0.366. The van der Waals surface area contributed by atoms with Crippen LogP contribution in [0.25, 0.3) is 0 Å². The van der Waals surface area contributed by atoms with Crippen LogP contribution in [0.1, 0.15) is 86.0 Å². The van der Waals surface area contributed by atoms with Gasteiger partial charge in [-0.1, -0.05) is 13.8 Å². The molecule has 2 amide bonds. The SMILES string of the molecule is CC(C)(C)NC(=O)[C@@H]1CC[C@H]2[C@@H]3CC[C@H]4NC(=O)CC[C@]4(C)[C@H]3CC[C@]12C. The molecule has 3 aliphatic carbocycles. The van der Waals surface area contributed by atoms with E-state index >= 15 is 0 Å². The van der Waals surface area contributed by atoms with Crippen molar-refractivity contribution < 1.29 is 9.59 Å². The average Bonchev–Trinajstić information content (AvgIpc) is 2.91. The Hall–Kier alpha value is -1.06. The fourth-order valence-corrected chi connectivity index (χ4v) is 7.59. The molecular formula is C23H38N2O2. The highest BCUT2D eigenvalue weighted by Crippen LogP contribution is 2.65. The molecule has 7 atom stereocenters. The molecule has 1 aliphatic heterocycles. The van der Waals surface area contributed by atoms with Crippen LogP contribution in [0, 0.1) is 34.5 Å². The zero-order valence-electron chi connectivity index (χ0n) is 17.9. The monoisotopic (exact) mass is 374 g/mol. The van der Waals surface area contributed by atoms with Gasteiger partial charge >= 0.3 is 0 Å². The molecule has 152 valence electrons. The maximum absolute atomic E-state index is 13.0. The van der Waals surface area contributed by atoms with Crippen LogP contribution in [0.15, 0.2) is 0 Å². The van der Waals surface area contributed by atoms with Crippen molar-refractivity contribution in [3.8, 4) is 0 Å². The minimum atomic E-state index is -0.158. The van der Waals surface area contributed by atoms with Crippen molar-refractivity contribution in [1.82, 2.24) is 10.6 Å². The molecule has 0 radical (unpaired) electrons. The largest absolute Gasteiger partial charge is 0.353 e. The second-order valence-electron chi connectivity index (χ2n) is 11.5. The standard InChI is InChI=1S/C23H38N2O2/c1-21(2,3)25-20(27)17-8-7-15-14-6-9-18-23(5,13-11-19(26)24-18)16(14)10-12-22(15,17)4/h14-18H,6-13H2,1-5H3,(H,24,26)(H,25,27)/t14-,15-,16-,17-,18+,22-,23+/m0/s1. The van der Waals surface area contributed by atoms with E-state index in [1.165, 1.54) is 19.3 Å². The molecule has 3 saturated carbocycles. The summed E-state index contributed by atoms with van der Waals surface area (Å²) in [5, 5.41) is 6.57. The van der Waals surface area contributed by atoms with E-state index in [2.05, 4.69) is 45.3 Å². The Morgan fingerprint density at radius 3 is 2.41 bits per heavy atom. The van der Waals surface area contributed by atoms with E-state index in [-0.39, 0.29) is 34.1 Å². The lowest BCUT2D eigenvalue weighted by atomic mass is 9.47. The van der Waals surface area contributed by atoms with Gasteiger partial charge in [-0.25, -0.2) is 0 Å². The van der Waals surface area contributed by atoms with Crippen LogP contribution < -0.4 is 10.6 Å². The van der Waals surface area contributed by atoms with Crippen LogP contribution in [0.3, 0.4) is 0 Å². The van der Waals surface area contributed by atoms with Gasteiger partial charge in [0.15, 0.2) is 0 Å². The fraction of sp³-hybridized carbons (Fsp3) is 0.913. The third-order valence-corrected chi connectivity index (χ3v) is 8.91. The Morgan fingerprint density at radius 1 is 1.00 bits per heavy atom. The first kappa shape index (κ1) is 19.3. The van der Waals surface area contributed by atoms with Gasteiger partial charge in [0.2, 0.25) is 11.8 Å². The Morgan fingerprint density at radius 2 is 1.70 bits per heavy atom. The molecule has 0 aromatic carbocycles. The molecule has 27 heavy (non-hydrogen) atoms. The van der Waals surface area contributed by atoms with Crippen molar-refractivity contribution >= 4 is 11.8 Å². The fourth-order valence-electron chi connectivity index (χ4n) is 7.59. The number of hydrogen-bond acceptors (Lipinski definition) is 2. The van der Waals surface area contributed by atoms with E-state index in [1.54, 1.807) is 0 Å². The Kier molecular flexibility index (Phi) is 4.44. The number of fused-ring (bicyclic) bond motifs is 5. The number of nitrogens with one attached hydrogen (secondary N) is 2. The van der Waals surface area contributed by atoms with Crippen LogP contribution in [0.2, 0.25) is 0 Å². The van der Waals surface area contributed by atoms with Gasteiger partial charge in [0.1, 0.15) is 0 Å². The van der Waals surface area contributed by atoms with E-state index in [1.807, 2.05) is 0 Å². The molecule has 4 nitrogen and oxygen atoms in total. The van der Waals surface area contributed by atoms with E-state index < -0.39 is 0 Å². The smallest absolute Gasteiger partial charge is 0.224 e. The lowest BCUT2D eigenvalue weighted by Gasteiger charge is -2.60. The number of carbonyl (C=O) groups is 2. The van der Waals surface area contributed by atoms with Crippen LogP contribution in [-0.4, -0.2) is 23.4 Å². The Balaban J connectivity index is 1.55. The molecule has 1 heterocycles. The topological polar surface area (TPSA) is 58.2 Å². The van der Waals surface area contributed by atoms with Crippen molar-refractivity contribution in [3.05, 3.63) is 0 Å². The maximum atomic E-state index is 13.0. The first-order valence-corrected chi connectivity index (χ1v) is 11.2. The molecule has 1 saturated heterocycles. The van der Waals surface area contributed by atoms with E-state index in [0.29, 0.717) is 24.3 Å². The minimum Gasteiger partial charge on any atom is -0.353 e. The van der Waals surface area contributed by atoms with Gasteiger partial charge < -0.3 is 10.6 Å². The molecule has 4 rings (SSSR count). The Labute approximate surface area is 164 Å². The molecule has 4 aliphatic rings. The predicted molar refractivity (Wildman–Crippen MR) is 107 cm³/mol. The van der Waals surface area contributed by atoms with Crippen LogP contribution >= 0.6 is 0 Å². The third kappa shape index (κ3) is 3.02. The van der Waals surface area contributed by atoms with Crippen LogP contribution in [-0.2, 0) is 9.59 Å². The molecule has 0 bridgehead atoms. The van der Waals surface area contributed by atoms with Crippen LogP contribution in [0.5, 0.6) is 0 Å². The van der Waals surface area contributed by atoms with E-state index in [0.717, 1.165) is 31.6 Å². The highest BCUT2D eigenvalue weighted by molar-refractivity contribution is 5.80. The Bertz CT molecular complexity index is 639. The van der Waals surface area contributed by atoms with Gasteiger partial charge in [0, 0.05) is 23.9 Å². The lowest BCUT2D eigenvalue weighted by molar-refractivity contribution is -0.142. The summed E-state index contributed by atoms with van der Waals surface area (Å²) >= 11 is 0. The maximum Gasteiger partial charge on any atom is 0.224 e. The van der Waals surface area contributed by atoms with E-state index in [4.69, 9.17) is 0 Å². The molecule has 0 spiro atoms. The first-order chi connectivity index (χ1) is 12.5. The summed E-state index contributed by atoms with van der Waals surface area (Å²) in [5.41, 5.74) is 0.246. The minimum absolute atomic E-state index is 0.150. The van der Waals surface area contributed by atoms with Gasteiger partial charge in [0.05, 0.1) is 0 Å². The quantitative estimate of drug-likeness (QED) is 0.728. The summed E-state index contributed by atoms with van der Waals surface area (Å²) in [6.07, 6.45) is 8.71. The summed E-state index contributed by atoms with van der Waals surface area (Å²) in [5.74, 6) is 2.79. The number of carbonyl (C=O) groups excluding carboxylic acids is 2. The summed E-state index contributed by atoms with van der Waals surface area (Å²) < 4.78 is 0. The molecule has 0 unspecified atom stereocenters. The number of rotatable bonds is 1. The molecular weight excluding hydrogens is 336 g/mol. The zero-order valence-corrected chi connectivity index (χ0v) is 17.9. The van der Waals surface area contributed by atoms with Crippen molar-refractivity contribution in [3.63, 3.8) is 0 Å². The normalized spacial score (nSPS) is 46.7. The van der Waals surface area contributed by atoms with Crippen LogP contribution in [0.4, 0.5) is 0 Å². The number of piperidine rings is 1. The zero-order chi connectivity index (χ0) is 19.6. The van der Waals surface area contributed by atoms with Crippen molar-refractivity contribution in [2.24, 2.45) is 34.5 Å². The number of amides is 2. The molecule has 4 heteroatoms. The second-order valence-corrected chi connectivity index (χ2v) is 11.5. The molecule has 0 aromatic heterocycles. The molecule has 2 N–H and O–H groups in total. The summed E-state index contributed by atoms with van der Waals surface area (Å²) in [4.78, 5) is 25.0. The van der Waals surface area contributed by atoms with Gasteiger partial charge in [-0.05, 0) is 94.3 Å². The van der Waals surface area contributed by atoms with Gasteiger partial charge in [-0.2, -0.15) is 0 Å². The van der Waals surface area contributed by atoms with Crippen molar-refractivity contribution in [2.75, 3.05) is 0 Å². The van der Waals surface area contributed by atoms with Gasteiger partial charge in [0.25, 0.3) is 0 Å². The lowest BCUT2D eigenvalue weighted by Crippen LogP contribution is -2.61. The second kappa shape index (κ2) is 6.22. The molecule has 4 fully saturated rings. The van der Waals surface area contributed by atoms with Gasteiger partial charge in [-0.15, -0.1) is 0 Å². The predicted octanol–water partition coefficient (Wildman–Crippen LogP) is 4.04. The number of hydrogen-bond donors (Lipinski definition) is 2. The first-order valence-electron chi connectivity index (χ1n) is 11.2. The van der Waals surface area contributed by atoms with Crippen molar-refractivity contribution in [2.45, 2.75) is 97.6 Å².